The van der Waals surface area contributed by atoms with E-state index in [9.17, 15) is 9.59 Å². The minimum atomic E-state index is -0.573. The van der Waals surface area contributed by atoms with Crippen LogP contribution in [-0.2, 0) is 0 Å². The summed E-state index contributed by atoms with van der Waals surface area (Å²) >= 11 is 0. The van der Waals surface area contributed by atoms with E-state index in [0.29, 0.717) is 5.56 Å². The second-order valence-corrected chi connectivity index (χ2v) is 3.93. The van der Waals surface area contributed by atoms with Gasteiger partial charge in [0.2, 0.25) is 11.2 Å². The molecule has 1 heterocycles. The van der Waals surface area contributed by atoms with Gasteiger partial charge >= 0.3 is 5.97 Å². The van der Waals surface area contributed by atoms with Gasteiger partial charge in [0.05, 0.1) is 11.8 Å². The molecule has 2 aromatic rings. The maximum Gasteiger partial charge on any atom is 0.343 e. The Kier molecular flexibility index (Phi) is 3.28. The fourth-order valence-electron chi connectivity index (χ4n) is 1.46. The summed E-state index contributed by atoms with van der Waals surface area (Å²) in [6, 6.07) is 8.12. The zero-order chi connectivity index (χ0) is 13.1. The van der Waals surface area contributed by atoms with Gasteiger partial charge in [-0.3, -0.25) is 4.79 Å². The first kappa shape index (κ1) is 12.1. The molecular weight excluding hydrogens is 232 g/mol. The third-order valence-electron chi connectivity index (χ3n) is 2.49. The van der Waals surface area contributed by atoms with E-state index >= 15 is 0 Å². The highest BCUT2D eigenvalue weighted by atomic mass is 16.5. The summed E-state index contributed by atoms with van der Waals surface area (Å²) in [7, 11) is 0. The second kappa shape index (κ2) is 4.87. The van der Waals surface area contributed by atoms with Crippen molar-refractivity contribution in [2.24, 2.45) is 0 Å². The lowest BCUT2D eigenvalue weighted by Crippen LogP contribution is -2.15. The number of rotatable bonds is 2. The zero-order valence-electron chi connectivity index (χ0n) is 10.1. The maximum absolute atomic E-state index is 11.8. The molecule has 0 aliphatic carbocycles. The summed E-state index contributed by atoms with van der Waals surface area (Å²) in [6.45, 7) is 3.49. The Morgan fingerprint density at radius 3 is 2.39 bits per heavy atom. The molecule has 0 bridgehead atoms. The van der Waals surface area contributed by atoms with Gasteiger partial charge in [0.1, 0.15) is 5.76 Å². The van der Waals surface area contributed by atoms with E-state index in [1.165, 1.54) is 12.3 Å². The molecule has 4 heteroatoms. The van der Waals surface area contributed by atoms with Gasteiger partial charge in [0, 0.05) is 6.07 Å². The highest BCUT2D eigenvalue weighted by molar-refractivity contribution is 5.91. The Balaban J connectivity index is 2.27. The standard InChI is InChI=1S/C14H12O4/c1-9-3-5-11(6-4-9)14(16)18-13-10(2)17-8-7-12(13)15/h3-8H,1-2H3. The van der Waals surface area contributed by atoms with Crippen LogP contribution in [0.4, 0.5) is 0 Å². The van der Waals surface area contributed by atoms with Crippen molar-refractivity contribution in [3.8, 4) is 5.75 Å². The molecule has 18 heavy (non-hydrogen) atoms. The molecule has 1 aromatic carbocycles. The highest BCUT2D eigenvalue weighted by Crippen LogP contribution is 2.13. The molecule has 0 saturated carbocycles. The van der Waals surface area contributed by atoms with Gasteiger partial charge in [0.25, 0.3) is 0 Å². The van der Waals surface area contributed by atoms with Crippen LogP contribution in [0.5, 0.6) is 5.75 Å². The van der Waals surface area contributed by atoms with Crippen molar-refractivity contribution in [3.05, 3.63) is 63.7 Å². The Labute approximate surface area is 104 Å². The molecule has 0 N–H and O–H groups in total. The van der Waals surface area contributed by atoms with Crippen molar-refractivity contribution in [1.82, 2.24) is 0 Å². The highest BCUT2D eigenvalue weighted by Gasteiger charge is 2.13. The van der Waals surface area contributed by atoms with Crippen LogP contribution in [0.25, 0.3) is 0 Å². The zero-order valence-corrected chi connectivity index (χ0v) is 10.1. The van der Waals surface area contributed by atoms with E-state index < -0.39 is 5.97 Å². The lowest BCUT2D eigenvalue weighted by Gasteiger charge is -2.05. The maximum atomic E-state index is 11.8. The first-order valence-electron chi connectivity index (χ1n) is 5.45. The summed E-state index contributed by atoms with van der Waals surface area (Å²) in [6.07, 6.45) is 1.26. The number of carbonyl (C=O) groups excluding carboxylic acids is 1. The number of esters is 1. The number of hydrogen-bond acceptors (Lipinski definition) is 4. The van der Waals surface area contributed by atoms with Crippen LogP contribution < -0.4 is 10.2 Å². The molecule has 0 spiro atoms. The fourth-order valence-corrected chi connectivity index (χ4v) is 1.46. The molecule has 0 saturated heterocycles. The predicted molar refractivity (Wildman–Crippen MR) is 65.9 cm³/mol. The summed E-state index contributed by atoms with van der Waals surface area (Å²) in [5, 5.41) is 0. The topological polar surface area (TPSA) is 56.5 Å². The third kappa shape index (κ3) is 2.48. The van der Waals surface area contributed by atoms with Gasteiger partial charge < -0.3 is 9.15 Å². The van der Waals surface area contributed by atoms with E-state index in [0.717, 1.165) is 5.56 Å². The van der Waals surface area contributed by atoms with Crippen LogP contribution in [0.15, 0.2) is 45.8 Å². The van der Waals surface area contributed by atoms with Crippen LogP contribution in [0.3, 0.4) is 0 Å². The number of benzene rings is 1. The van der Waals surface area contributed by atoms with Gasteiger partial charge in [-0.05, 0) is 26.0 Å². The summed E-state index contributed by atoms with van der Waals surface area (Å²) < 4.78 is 10.1. The number of aryl methyl sites for hydroxylation is 2. The summed E-state index contributed by atoms with van der Waals surface area (Å²) in [5.74, 6) is -0.359. The van der Waals surface area contributed by atoms with Crippen LogP contribution in [0.1, 0.15) is 21.7 Å². The van der Waals surface area contributed by atoms with Gasteiger partial charge in [-0.25, -0.2) is 4.79 Å². The molecule has 0 unspecified atom stereocenters. The van der Waals surface area contributed by atoms with Gasteiger partial charge in [-0.2, -0.15) is 0 Å². The van der Waals surface area contributed by atoms with E-state index in [1.807, 2.05) is 6.92 Å². The Hall–Kier alpha value is -2.36. The van der Waals surface area contributed by atoms with Crippen molar-refractivity contribution >= 4 is 5.97 Å². The molecule has 0 aliphatic heterocycles. The van der Waals surface area contributed by atoms with Crippen LogP contribution in [0, 0.1) is 13.8 Å². The van der Waals surface area contributed by atoms with Crippen LogP contribution >= 0.6 is 0 Å². The number of carbonyl (C=O) groups is 1. The van der Waals surface area contributed by atoms with Gasteiger partial charge in [0.15, 0.2) is 0 Å². The molecule has 0 aliphatic rings. The lowest BCUT2D eigenvalue weighted by molar-refractivity contribution is 0.0727. The van der Waals surface area contributed by atoms with E-state index in [4.69, 9.17) is 9.15 Å². The fraction of sp³-hybridized carbons (Fsp3) is 0.143. The van der Waals surface area contributed by atoms with Gasteiger partial charge in [-0.1, -0.05) is 17.7 Å². The van der Waals surface area contributed by atoms with Gasteiger partial charge in [-0.15, -0.1) is 0 Å². The number of ether oxygens (including phenoxy) is 1. The molecule has 0 amide bonds. The monoisotopic (exact) mass is 244 g/mol. The summed E-state index contributed by atoms with van der Waals surface area (Å²) in [5.41, 5.74) is 1.06. The van der Waals surface area contributed by atoms with E-state index in [2.05, 4.69) is 0 Å². The van der Waals surface area contributed by atoms with Crippen molar-refractivity contribution in [3.63, 3.8) is 0 Å². The van der Waals surface area contributed by atoms with E-state index in [-0.39, 0.29) is 16.9 Å². The van der Waals surface area contributed by atoms with Crippen LogP contribution in [0.2, 0.25) is 0 Å². The largest absolute Gasteiger partial charge is 0.465 e. The van der Waals surface area contributed by atoms with Crippen molar-refractivity contribution in [2.75, 3.05) is 0 Å². The molecule has 0 radical (unpaired) electrons. The first-order valence-corrected chi connectivity index (χ1v) is 5.45. The lowest BCUT2D eigenvalue weighted by atomic mass is 10.1. The molecule has 92 valence electrons. The smallest absolute Gasteiger partial charge is 0.343 e. The molecule has 2 rings (SSSR count). The average molecular weight is 244 g/mol. The SMILES string of the molecule is Cc1ccc(C(=O)Oc2c(C)occc2=O)cc1. The Morgan fingerprint density at radius 2 is 1.78 bits per heavy atom. The predicted octanol–water partition coefficient (Wildman–Crippen LogP) is 2.48. The second-order valence-electron chi connectivity index (χ2n) is 3.93. The summed E-state index contributed by atoms with van der Waals surface area (Å²) in [4.78, 5) is 23.4. The van der Waals surface area contributed by atoms with E-state index in [1.54, 1.807) is 31.2 Å². The normalized spacial score (nSPS) is 10.1. The first-order chi connectivity index (χ1) is 8.58. The Bertz CT molecular complexity index is 623. The van der Waals surface area contributed by atoms with Crippen LogP contribution in [-0.4, -0.2) is 5.97 Å². The average Bonchev–Trinajstić information content (AvgIpc) is 2.34. The third-order valence-corrected chi connectivity index (χ3v) is 2.49. The minimum Gasteiger partial charge on any atom is -0.465 e. The quantitative estimate of drug-likeness (QED) is 0.761. The molecule has 0 fully saturated rings. The molecular formula is C14H12O4. The number of hydrogen-bond donors (Lipinski definition) is 0. The minimum absolute atomic E-state index is 0.0666. The van der Waals surface area contributed by atoms with Crippen molar-refractivity contribution < 1.29 is 13.9 Å². The molecule has 0 atom stereocenters. The molecule has 4 nitrogen and oxygen atoms in total. The van der Waals surface area contributed by atoms with Crippen molar-refractivity contribution in [2.45, 2.75) is 13.8 Å². The molecule has 1 aromatic heterocycles. The Morgan fingerprint density at radius 1 is 1.11 bits per heavy atom. The van der Waals surface area contributed by atoms with Crippen molar-refractivity contribution in [1.29, 1.82) is 0 Å².